The maximum absolute atomic E-state index is 13.1. The minimum absolute atomic E-state index is 0.134. The standard InChI is InChI=1S/C31H34N6O4/c1-39-26-11-10-24-18-25(31(38)32-27(24)19-26)20-36(15-13-23-9-12-28(40-2)29(17-23)41-3)21-30-33-34-35-37(30)16-14-22-7-5-4-6-8-22/h4-12,17-19H,13-16,20-21H2,1-3H3,(H,32,38). The number of aromatic nitrogens is 5. The summed E-state index contributed by atoms with van der Waals surface area (Å²) in [5, 5.41) is 13.5. The average molecular weight is 555 g/mol. The van der Waals surface area contributed by atoms with Gasteiger partial charge in [-0.2, -0.15) is 0 Å². The summed E-state index contributed by atoms with van der Waals surface area (Å²) in [5.74, 6) is 2.81. The summed E-state index contributed by atoms with van der Waals surface area (Å²) in [6.45, 7) is 2.24. The van der Waals surface area contributed by atoms with Gasteiger partial charge in [0, 0.05) is 31.3 Å². The predicted octanol–water partition coefficient (Wildman–Crippen LogP) is 4.03. The second kappa shape index (κ2) is 13.1. The van der Waals surface area contributed by atoms with Crippen molar-refractivity contribution in [2.75, 3.05) is 27.9 Å². The summed E-state index contributed by atoms with van der Waals surface area (Å²) >= 11 is 0. The molecule has 0 spiro atoms. The molecular formula is C31H34N6O4. The van der Waals surface area contributed by atoms with Crippen molar-refractivity contribution in [1.82, 2.24) is 30.1 Å². The van der Waals surface area contributed by atoms with Crippen LogP contribution in [0.15, 0.2) is 77.6 Å². The van der Waals surface area contributed by atoms with Crippen LogP contribution in [-0.4, -0.2) is 58.0 Å². The number of H-pyrrole nitrogens is 1. The Balaban J connectivity index is 1.38. The molecule has 0 aliphatic rings. The molecule has 5 aromatic rings. The van der Waals surface area contributed by atoms with Crippen LogP contribution >= 0.6 is 0 Å². The SMILES string of the molecule is COc1ccc2cc(CN(CCc3ccc(OC)c(OC)c3)Cc3nnnn3CCc3ccccc3)c(=O)[nH]c2c1. The number of rotatable bonds is 13. The fourth-order valence-electron chi connectivity index (χ4n) is 4.84. The lowest BCUT2D eigenvalue weighted by atomic mass is 10.1. The number of nitrogens with zero attached hydrogens (tertiary/aromatic N) is 5. The lowest BCUT2D eigenvalue weighted by molar-refractivity contribution is 0.247. The number of tetrazole rings is 1. The van der Waals surface area contributed by atoms with E-state index in [2.05, 4.69) is 37.5 Å². The highest BCUT2D eigenvalue weighted by Gasteiger charge is 2.16. The van der Waals surface area contributed by atoms with Gasteiger partial charge in [-0.15, -0.1) is 5.10 Å². The molecule has 41 heavy (non-hydrogen) atoms. The number of pyridine rings is 1. The van der Waals surface area contributed by atoms with E-state index < -0.39 is 0 Å². The summed E-state index contributed by atoms with van der Waals surface area (Å²) in [5.41, 5.74) is 3.58. The third kappa shape index (κ3) is 6.90. The molecule has 1 N–H and O–H groups in total. The first-order chi connectivity index (χ1) is 20.1. The van der Waals surface area contributed by atoms with E-state index in [0.29, 0.717) is 49.0 Å². The van der Waals surface area contributed by atoms with E-state index in [1.54, 1.807) is 21.3 Å². The number of aromatic amines is 1. The van der Waals surface area contributed by atoms with Gasteiger partial charge in [0.05, 0.1) is 33.4 Å². The number of benzene rings is 3. The fourth-order valence-corrected chi connectivity index (χ4v) is 4.84. The van der Waals surface area contributed by atoms with Crippen LogP contribution in [-0.2, 0) is 32.5 Å². The highest BCUT2D eigenvalue weighted by atomic mass is 16.5. The van der Waals surface area contributed by atoms with E-state index in [1.807, 2.05) is 65.3 Å². The Morgan fingerprint density at radius 1 is 0.829 bits per heavy atom. The number of ether oxygens (including phenoxy) is 3. The van der Waals surface area contributed by atoms with Crippen molar-refractivity contribution in [2.24, 2.45) is 0 Å². The Morgan fingerprint density at radius 2 is 1.66 bits per heavy atom. The third-order valence-corrected chi connectivity index (χ3v) is 7.11. The van der Waals surface area contributed by atoms with Crippen molar-refractivity contribution < 1.29 is 14.2 Å². The van der Waals surface area contributed by atoms with Crippen molar-refractivity contribution in [1.29, 1.82) is 0 Å². The van der Waals surface area contributed by atoms with Gasteiger partial charge in [0.1, 0.15) is 5.75 Å². The van der Waals surface area contributed by atoms with Crippen LogP contribution in [0.3, 0.4) is 0 Å². The summed E-state index contributed by atoms with van der Waals surface area (Å²) in [4.78, 5) is 18.3. The highest BCUT2D eigenvalue weighted by molar-refractivity contribution is 5.80. The second-order valence-electron chi connectivity index (χ2n) is 9.78. The minimum atomic E-state index is -0.134. The molecular weight excluding hydrogens is 520 g/mol. The van der Waals surface area contributed by atoms with Crippen molar-refractivity contribution in [2.45, 2.75) is 32.5 Å². The van der Waals surface area contributed by atoms with Gasteiger partial charge in [-0.25, -0.2) is 4.68 Å². The Hall–Kier alpha value is -4.70. The molecule has 0 aliphatic carbocycles. The zero-order valence-electron chi connectivity index (χ0n) is 23.5. The number of aryl methyl sites for hydroxylation is 2. The van der Waals surface area contributed by atoms with E-state index in [1.165, 1.54) is 5.56 Å². The molecule has 0 amide bonds. The Kier molecular flexibility index (Phi) is 8.90. The number of methoxy groups -OCH3 is 3. The van der Waals surface area contributed by atoms with Gasteiger partial charge in [0.25, 0.3) is 5.56 Å². The molecule has 0 radical (unpaired) electrons. The number of hydrogen-bond acceptors (Lipinski definition) is 8. The van der Waals surface area contributed by atoms with Gasteiger partial charge in [-0.05, 0) is 70.1 Å². The molecule has 0 unspecified atom stereocenters. The predicted molar refractivity (Wildman–Crippen MR) is 156 cm³/mol. The van der Waals surface area contributed by atoms with Crippen molar-refractivity contribution in [3.05, 3.63) is 106 Å². The van der Waals surface area contributed by atoms with Crippen LogP contribution in [0, 0.1) is 0 Å². The molecule has 0 saturated heterocycles. The van der Waals surface area contributed by atoms with E-state index in [-0.39, 0.29) is 5.56 Å². The largest absolute Gasteiger partial charge is 0.497 e. The van der Waals surface area contributed by atoms with E-state index >= 15 is 0 Å². The monoisotopic (exact) mass is 554 g/mol. The topological polar surface area (TPSA) is 107 Å². The summed E-state index contributed by atoms with van der Waals surface area (Å²) in [6, 6.07) is 23.8. The average Bonchev–Trinajstić information content (AvgIpc) is 3.45. The van der Waals surface area contributed by atoms with E-state index in [0.717, 1.165) is 35.1 Å². The van der Waals surface area contributed by atoms with Gasteiger partial charge in [0.15, 0.2) is 17.3 Å². The van der Waals surface area contributed by atoms with E-state index in [9.17, 15) is 4.79 Å². The molecule has 10 heteroatoms. The summed E-state index contributed by atoms with van der Waals surface area (Å²) < 4.78 is 18.0. The molecule has 3 aromatic carbocycles. The van der Waals surface area contributed by atoms with Crippen LogP contribution in [0.5, 0.6) is 17.2 Å². The first kappa shape index (κ1) is 27.9. The van der Waals surface area contributed by atoms with Crippen molar-refractivity contribution in [3.8, 4) is 17.2 Å². The molecule has 2 aromatic heterocycles. The van der Waals surface area contributed by atoms with Crippen LogP contribution < -0.4 is 19.8 Å². The molecule has 0 saturated carbocycles. The number of fused-ring (bicyclic) bond motifs is 1. The number of hydrogen-bond donors (Lipinski definition) is 1. The van der Waals surface area contributed by atoms with Crippen LogP contribution in [0.1, 0.15) is 22.5 Å². The molecule has 0 fully saturated rings. The zero-order chi connectivity index (χ0) is 28.6. The molecule has 5 rings (SSSR count). The van der Waals surface area contributed by atoms with Crippen LogP contribution in [0.25, 0.3) is 10.9 Å². The maximum Gasteiger partial charge on any atom is 0.252 e. The number of nitrogens with one attached hydrogen (secondary N) is 1. The van der Waals surface area contributed by atoms with Crippen LogP contribution in [0.2, 0.25) is 0 Å². The first-order valence-electron chi connectivity index (χ1n) is 13.5. The van der Waals surface area contributed by atoms with Gasteiger partial charge in [0.2, 0.25) is 0 Å². The fraction of sp³-hybridized carbons (Fsp3) is 0.290. The molecule has 0 aliphatic heterocycles. The van der Waals surface area contributed by atoms with Gasteiger partial charge in [-0.1, -0.05) is 36.4 Å². The second-order valence-corrected chi connectivity index (χ2v) is 9.78. The van der Waals surface area contributed by atoms with Gasteiger partial charge in [-0.3, -0.25) is 9.69 Å². The molecule has 212 valence electrons. The first-order valence-corrected chi connectivity index (χ1v) is 13.5. The van der Waals surface area contributed by atoms with Crippen molar-refractivity contribution in [3.63, 3.8) is 0 Å². The van der Waals surface area contributed by atoms with E-state index in [4.69, 9.17) is 14.2 Å². The third-order valence-electron chi connectivity index (χ3n) is 7.11. The highest BCUT2D eigenvalue weighted by Crippen LogP contribution is 2.28. The molecule has 10 nitrogen and oxygen atoms in total. The lowest BCUT2D eigenvalue weighted by Crippen LogP contribution is -2.30. The maximum atomic E-state index is 13.1. The molecule has 0 atom stereocenters. The van der Waals surface area contributed by atoms with Gasteiger partial charge < -0.3 is 19.2 Å². The van der Waals surface area contributed by atoms with Crippen molar-refractivity contribution >= 4 is 10.9 Å². The molecule has 2 heterocycles. The summed E-state index contributed by atoms with van der Waals surface area (Å²) in [7, 11) is 4.86. The quantitative estimate of drug-likeness (QED) is 0.233. The molecule has 0 bridgehead atoms. The minimum Gasteiger partial charge on any atom is -0.497 e. The smallest absolute Gasteiger partial charge is 0.252 e. The van der Waals surface area contributed by atoms with Gasteiger partial charge >= 0.3 is 0 Å². The van der Waals surface area contributed by atoms with Crippen LogP contribution in [0.4, 0.5) is 0 Å². The normalized spacial score (nSPS) is 11.2. The zero-order valence-corrected chi connectivity index (χ0v) is 23.5. The lowest BCUT2D eigenvalue weighted by Gasteiger charge is -2.22. The Morgan fingerprint density at radius 3 is 2.44 bits per heavy atom. The summed E-state index contributed by atoms with van der Waals surface area (Å²) in [6.07, 6.45) is 1.55. The Labute approximate surface area is 238 Å². The Bertz CT molecular complexity index is 1650.